The topological polar surface area (TPSA) is 75.7 Å². The largest absolute Gasteiger partial charge is 0.295 e. The number of carbonyl (C=O) groups excluding carboxylic acids is 3. The highest BCUT2D eigenvalue weighted by molar-refractivity contribution is 6.03. The van der Waals surface area contributed by atoms with Crippen molar-refractivity contribution in [1.29, 1.82) is 0 Å². The predicted molar refractivity (Wildman–Crippen MR) is 82.3 cm³/mol. The summed E-state index contributed by atoms with van der Waals surface area (Å²) < 4.78 is 0. The molecule has 1 rings (SSSR count). The fourth-order valence-corrected chi connectivity index (χ4v) is 1.84. The van der Waals surface area contributed by atoms with Crippen molar-refractivity contribution in [3.8, 4) is 0 Å². The molecule has 0 radical (unpaired) electrons. The summed E-state index contributed by atoms with van der Waals surface area (Å²) >= 11 is 0. The highest BCUT2D eigenvalue weighted by Crippen LogP contribution is 2.20. The van der Waals surface area contributed by atoms with Crippen LogP contribution in [0.1, 0.15) is 33.6 Å². The van der Waals surface area contributed by atoms with Crippen molar-refractivity contribution in [2.45, 2.75) is 45.3 Å². The molecule has 120 valence electrons. The number of nitrogens with one attached hydrogen (secondary N) is 1. The van der Waals surface area contributed by atoms with Crippen LogP contribution in [0.5, 0.6) is 0 Å². The zero-order valence-electron chi connectivity index (χ0n) is 13.2. The molecular formula is C16H22N2O4. The van der Waals surface area contributed by atoms with Gasteiger partial charge >= 0.3 is 0 Å². The van der Waals surface area contributed by atoms with Gasteiger partial charge in [-0.2, -0.15) is 0 Å². The molecule has 0 spiro atoms. The molecule has 6 nitrogen and oxygen atoms in total. The summed E-state index contributed by atoms with van der Waals surface area (Å²) in [5.41, 5.74) is -0.520. The van der Waals surface area contributed by atoms with Crippen LogP contribution < -0.4 is 5.32 Å². The van der Waals surface area contributed by atoms with Crippen molar-refractivity contribution in [2.24, 2.45) is 0 Å². The van der Waals surface area contributed by atoms with Crippen molar-refractivity contribution in [2.75, 3.05) is 0 Å². The Kier molecular flexibility index (Phi) is 5.82. The van der Waals surface area contributed by atoms with Crippen LogP contribution in [0.3, 0.4) is 0 Å². The van der Waals surface area contributed by atoms with Crippen LogP contribution in [0.25, 0.3) is 0 Å². The normalized spacial score (nSPS) is 19.0. The van der Waals surface area contributed by atoms with E-state index in [0.717, 1.165) is 5.06 Å². The molecule has 6 heteroatoms. The van der Waals surface area contributed by atoms with Gasteiger partial charge in [0.2, 0.25) is 5.91 Å². The Bertz CT molecular complexity index is 529. The first-order valence-corrected chi connectivity index (χ1v) is 7.00. The SMILES string of the molecule is C=C/C=C\C(=C)C(=O)N(OC(C)(C)C)C1CCC(=O)NC1=O. The smallest absolute Gasteiger partial charge is 0.277 e. The van der Waals surface area contributed by atoms with Gasteiger partial charge in [0.25, 0.3) is 11.8 Å². The third-order valence-electron chi connectivity index (χ3n) is 2.77. The van der Waals surface area contributed by atoms with Crippen molar-refractivity contribution in [3.05, 3.63) is 37.0 Å². The van der Waals surface area contributed by atoms with Gasteiger partial charge in [-0.15, -0.1) is 0 Å². The van der Waals surface area contributed by atoms with Crippen LogP contribution in [0.4, 0.5) is 0 Å². The Morgan fingerprint density at radius 2 is 2.05 bits per heavy atom. The van der Waals surface area contributed by atoms with Gasteiger partial charge in [-0.05, 0) is 33.3 Å². The monoisotopic (exact) mass is 306 g/mol. The first-order chi connectivity index (χ1) is 10.2. The highest BCUT2D eigenvalue weighted by atomic mass is 16.7. The Hall–Kier alpha value is -2.21. The standard InChI is InChI=1S/C16H22N2O4/c1-6-7-8-11(2)15(21)18(22-16(3,4)5)12-9-10-13(19)17-14(12)20/h6-8,12H,1-2,9-10H2,3-5H3,(H,17,19,20)/b8-7-. The Labute approximate surface area is 130 Å². The molecule has 0 aliphatic carbocycles. The number of nitrogens with zero attached hydrogens (tertiary/aromatic N) is 1. The number of hydrogen-bond acceptors (Lipinski definition) is 4. The summed E-state index contributed by atoms with van der Waals surface area (Å²) in [5, 5.41) is 3.23. The maximum Gasteiger partial charge on any atom is 0.277 e. The van der Waals surface area contributed by atoms with E-state index in [1.54, 1.807) is 26.8 Å². The average molecular weight is 306 g/mol. The van der Waals surface area contributed by atoms with Crippen LogP contribution in [-0.2, 0) is 19.2 Å². The molecule has 22 heavy (non-hydrogen) atoms. The molecule has 1 heterocycles. The van der Waals surface area contributed by atoms with Gasteiger partial charge < -0.3 is 0 Å². The number of hydroxylamine groups is 2. The fourth-order valence-electron chi connectivity index (χ4n) is 1.84. The fraction of sp³-hybridized carbons (Fsp3) is 0.438. The quantitative estimate of drug-likeness (QED) is 0.363. The molecule has 1 aliphatic heterocycles. The van der Waals surface area contributed by atoms with Gasteiger partial charge in [-0.25, -0.2) is 5.06 Å². The molecule has 1 N–H and O–H groups in total. The van der Waals surface area contributed by atoms with E-state index in [-0.39, 0.29) is 24.3 Å². The van der Waals surface area contributed by atoms with E-state index in [1.807, 2.05) is 0 Å². The molecule has 1 aliphatic rings. The second-order valence-corrected chi connectivity index (χ2v) is 5.92. The number of amides is 3. The minimum Gasteiger partial charge on any atom is -0.295 e. The summed E-state index contributed by atoms with van der Waals surface area (Å²) in [6.45, 7) is 12.5. The molecule has 0 bridgehead atoms. The van der Waals surface area contributed by atoms with Crippen LogP contribution >= 0.6 is 0 Å². The Balaban J connectivity index is 3.02. The minimum absolute atomic E-state index is 0.155. The molecule has 1 unspecified atom stereocenters. The lowest BCUT2D eigenvalue weighted by Crippen LogP contribution is -2.56. The zero-order chi connectivity index (χ0) is 16.9. The molecule has 0 aromatic heterocycles. The zero-order valence-corrected chi connectivity index (χ0v) is 13.2. The lowest BCUT2D eigenvalue weighted by atomic mass is 10.0. The summed E-state index contributed by atoms with van der Waals surface area (Å²) in [4.78, 5) is 41.4. The van der Waals surface area contributed by atoms with Crippen LogP contribution in [0, 0.1) is 0 Å². The van der Waals surface area contributed by atoms with Gasteiger partial charge in [0.15, 0.2) is 0 Å². The van der Waals surface area contributed by atoms with E-state index in [1.165, 1.54) is 12.2 Å². The van der Waals surface area contributed by atoms with Crippen LogP contribution in [0.2, 0.25) is 0 Å². The van der Waals surface area contributed by atoms with E-state index < -0.39 is 23.5 Å². The highest BCUT2D eigenvalue weighted by Gasteiger charge is 2.37. The van der Waals surface area contributed by atoms with Crippen molar-refractivity contribution >= 4 is 17.7 Å². The van der Waals surface area contributed by atoms with Crippen molar-refractivity contribution in [1.82, 2.24) is 10.4 Å². The third-order valence-corrected chi connectivity index (χ3v) is 2.77. The van der Waals surface area contributed by atoms with Crippen LogP contribution in [-0.4, -0.2) is 34.4 Å². The summed E-state index contributed by atoms with van der Waals surface area (Å²) in [6.07, 6.45) is 4.94. The van der Waals surface area contributed by atoms with E-state index in [0.29, 0.717) is 0 Å². The first kappa shape index (κ1) is 17.8. The van der Waals surface area contributed by atoms with E-state index >= 15 is 0 Å². The molecule has 1 fully saturated rings. The molecule has 0 aromatic rings. The van der Waals surface area contributed by atoms with Crippen molar-refractivity contribution in [3.63, 3.8) is 0 Å². The lowest BCUT2D eigenvalue weighted by molar-refractivity contribution is -0.239. The Morgan fingerprint density at radius 1 is 1.41 bits per heavy atom. The Morgan fingerprint density at radius 3 is 2.55 bits per heavy atom. The van der Waals surface area contributed by atoms with Crippen LogP contribution in [0.15, 0.2) is 37.0 Å². The summed E-state index contributed by atoms with van der Waals surface area (Å²) in [5.74, 6) is -1.42. The third kappa shape index (κ3) is 4.96. The molecule has 1 saturated heterocycles. The molecule has 0 saturated carbocycles. The molecule has 0 aromatic carbocycles. The average Bonchev–Trinajstić information content (AvgIpc) is 2.41. The maximum absolute atomic E-state index is 12.5. The van der Waals surface area contributed by atoms with Gasteiger partial charge in [0.05, 0.1) is 5.60 Å². The molecular weight excluding hydrogens is 284 g/mol. The summed E-state index contributed by atoms with van der Waals surface area (Å²) in [6, 6.07) is -0.863. The predicted octanol–water partition coefficient (Wildman–Crippen LogP) is 1.65. The summed E-state index contributed by atoms with van der Waals surface area (Å²) in [7, 11) is 0. The second kappa shape index (κ2) is 7.17. The van der Waals surface area contributed by atoms with Gasteiger partial charge in [0.1, 0.15) is 6.04 Å². The second-order valence-electron chi connectivity index (χ2n) is 5.92. The number of carbonyl (C=O) groups is 3. The van der Waals surface area contributed by atoms with E-state index in [9.17, 15) is 14.4 Å². The number of piperidine rings is 1. The number of imide groups is 1. The number of allylic oxidation sites excluding steroid dienone is 2. The molecule has 1 atom stereocenters. The minimum atomic E-state index is -0.863. The van der Waals surface area contributed by atoms with Gasteiger partial charge in [-0.3, -0.25) is 24.5 Å². The maximum atomic E-state index is 12.5. The van der Waals surface area contributed by atoms with E-state index in [2.05, 4.69) is 18.5 Å². The lowest BCUT2D eigenvalue weighted by Gasteiger charge is -2.36. The van der Waals surface area contributed by atoms with Gasteiger partial charge in [-0.1, -0.05) is 25.3 Å². The number of hydrogen-bond donors (Lipinski definition) is 1. The van der Waals surface area contributed by atoms with Crippen molar-refractivity contribution < 1.29 is 19.2 Å². The van der Waals surface area contributed by atoms with E-state index in [4.69, 9.17) is 4.84 Å². The number of rotatable bonds is 5. The molecule has 3 amide bonds. The first-order valence-electron chi connectivity index (χ1n) is 7.00. The van der Waals surface area contributed by atoms with Gasteiger partial charge in [0, 0.05) is 12.0 Å².